The Balaban J connectivity index is 2.31. The molecule has 0 aliphatic carbocycles. The molecule has 0 fully saturated rings. The second-order valence-electron chi connectivity index (χ2n) is 4.77. The molecule has 0 heterocycles. The third-order valence-corrected chi connectivity index (χ3v) is 3.27. The summed E-state index contributed by atoms with van der Waals surface area (Å²) in [6, 6.07) is 15.9. The van der Waals surface area contributed by atoms with Crippen LogP contribution in [0.3, 0.4) is 0 Å². The van der Waals surface area contributed by atoms with Gasteiger partial charge in [-0.05, 0) is 32.0 Å². The van der Waals surface area contributed by atoms with Crippen LogP contribution in [0.4, 0.5) is 5.69 Å². The van der Waals surface area contributed by atoms with Crippen LogP contribution in [0.5, 0.6) is 5.75 Å². The minimum absolute atomic E-state index is 0.0550. The Kier molecular flexibility index (Phi) is 4.27. The van der Waals surface area contributed by atoms with Gasteiger partial charge in [0.25, 0.3) is 0 Å². The zero-order valence-corrected chi connectivity index (χ0v) is 12.0. The van der Waals surface area contributed by atoms with Gasteiger partial charge in [-0.1, -0.05) is 29.8 Å². The van der Waals surface area contributed by atoms with Crippen molar-refractivity contribution < 1.29 is 4.74 Å². The Labute approximate surface area is 119 Å². The van der Waals surface area contributed by atoms with Crippen molar-refractivity contribution in [2.45, 2.75) is 19.9 Å². The summed E-state index contributed by atoms with van der Waals surface area (Å²) < 4.78 is 5.41. The Morgan fingerprint density at radius 1 is 1.20 bits per heavy atom. The van der Waals surface area contributed by atoms with E-state index in [0.717, 1.165) is 17.0 Å². The number of hydrogen-bond donors (Lipinski definition) is 1. The Bertz CT molecular complexity index is 644. The van der Waals surface area contributed by atoms with Crippen LogP contribution in [0.1, 0.15) is 29.7 Å². The molecule has 3 heteroatoms. The number of hydrogen-bond acceptors (Lipinski definition) is 3. The van der Waals surface area contributed by atoms with Crippen molar-refractivity contribution in [1.29, 1.82) is 5.26 Å². The highest BCUT2D eigenvalue weighted by Gasteiger charge is 2.13. The predicted octanol–water partition coefficient (Wildman–Crippen LogP) is 4.05. The van der Waals surface area contributed by atoms with Gasteiger partial charge in [-0.3, -0.25) is 0 Å². The molecule has 102 valence electrons. The molecule has 2 aromatic carbocycles. The highest BCUT2D eigenvalue weighted by molar-refractivity contribution is 5.58. The smallest absolute Gasteiger partial charge is 0.124 e. The van der Waals surface area contributed by atoms with Crippen LogP contribution in [0.2, 0.25) is 0 Å². The molecule has 0 saturated carbocycles. The number of nitriles is 1. The molecule has 1 unspecified atom stereocenters. The van der Waals surface area contributed by atoms with Crippen LogP contribution >= 0.6 is 0 Å². The maximum atomic E-state index is 9.13. The van der Waals surface area contributed by atoms with Gasteiger partial charge in [-0.25, -0.2) is 0 Å². The first-order valence-corrected chi connectivity index (χ1v) is 6.56. The Morgan fingerprint density at radius 2 is 1.95 bits per heavy atom. The van der Waals surface area contributed by atoms with Crippen molar-refractivity contribution in [3.63, 3.8) is 0 Å². The molecule has 0 bridgehead atoms. The lowest BCUT2D eigenvalue weighted by atomic mass is 10.0. The number of nitrogens with one attached hydrogen (secondary N) is 1. The second-order valence-corrected chi connectivity index (χ2v) is 4.77. The highest BCUT2D eigenvalue weighted by Crippen LogP contribution is 2.29. The van der Waals surface area contributed by atoms with Gasteiger partial charge in [-0.15, -0.1) is 0 Å². The molecule has 1 N–H and O–H groups in total. The van der Waals surface area contributed by atoms with Crippen LogP contribution < -0.4 is 10.1 Å². The first-order valence-electron chi connectivity index (χ1n) is 6.56. The summed E-state index contributed by atoms with van der Waals surface area (Å²) in [5, 5.41) is 12.5. The molecular weight excluding hydrogens is 248 g/mol. The molecule has 2 rings (SSSR count). The van der Waals surface area contributed by atoms with Gasteiger partial charge in [0.15, 0.2) is 0 Å². The summed E-state index contributed by atoms with van der Waals surface area (Å²) in [6.45, 7) is 4.12. The van der Waals surface area contributed by atoms with E-state index >= 15 is 0 Å². The van der Waals surface area contributed by atoms with E-state index in [4.69, 9.17) is 10.00 Å². The van der Waals surface area contributed by atoms with Crippen LogP contribution in [-0.2, 0) is 0 Å². The number of rotatable bonds is 4. The fourth-order valence-electron chi connectivity index (χ4n) is 2.21. The number of ether oxygens (including phenoxy) is 1. The number of methoxy groups -OCH3 is 1. The summed E-state index contributed by atoms with van der Waals surface area (Å²) in [7, 11) is 1.67. The fraction of sp³-hybridized carbons (Fsp3) is 0.235. The van der Waals surface area contributed by atoms with E-state index in [-0.39, 0.29) is 6.04 Å². The number of nitrogens with zero attached hydrogens (tertiary/aromatic N) is 1. The zero-order valence-electron chi connectivity index (χ0n) is 12.0. The maximum Gasteiger partial charge on any atom is 0.124 e. The molecule has 0 radical (unpaired) electrons. The molecule has 0 aliphatic heterocycles. The lowest BCUT2D eigenvalue weighted by molar-refractivity contribution is 0.408. The third-order valence-electron chi connectivity index (χ3n) is 3.27. The number of benzene rings is 2. The molecule has 0 spiro atoms. The summed E-state index contributed by atoms with van der Waals surface area (Å²) >= 11 is 0. The van der Waals surface area contributed by atoms with E-state index in [1.54, 1.807) is 7.11 Å². The number of para-hydroxylation sites is 1. The quantitative estimate of drug-likeness (QED) is 0.908. The van der Waals surface area contributed by atoms with Crippen molar-refractivity contribution in [3.8, 4) is 11.8 Å². The van der Waals surface area contributed by atoms with E-state index < -0.39 is 0 Å². The fourth-order valence-corrected chi connectivity index (χ4v) is 2.21. The van der Waals surface area contributed by atoms with E-state index in [1.165, 1.54) is 5.56 Å². The van der Waals surface area contributed by atoms with E-state index in [9.17, 15) is 0 Å². The molecule has 2 aromatic rings. The van der Waals surface area contributed by atoms with Gasteiger partial charge >= 0.3 is 0 Å². The van der Waals surface area contributed by atoms with Crippen molar-refractivity contribution in [2.24, 2.45) is 0 Å². The van der Waals surface area contributed by atoms with Crippen LogP contribution in [-0.4, -0.2) is 7.11 Å². The minimum atomic E-state index is 0.0550. The zero-order chi connectivity index (χ0) is 14.5. The van der Waals surface area contributed by atoms with Crippen LogP contribution in [0.15, 0.2) is 42.5 Å². The molecule has 0 amide bonds. The molecule has 1 atom stereocenters. The van der Waals surface area contributed by atoms with E-state index in [2.05, 4.69) is 31.3 Å². The maximum absolute atomic E-state index is 9.13. The Morgan fingerprint density at radius 3 is 2.65 bits per heavy atom. The topological polar surface area (TPSA) is 45.0 Å². The lowest BCUT2D eigenvalue weighted by Gasteiger charge is -2.19. The SMILES string of the molecule is COc1ccc(C)cc1C(C)Nc1ccccc1C#N. The molecule has 20 heavy (non-hydrogen) atoms. The lowest BCUT2D eigenvalue weighted by Crippen LogP contribution is -2.09. The standard InChI is InChI=1S/C17H18N2O/c1-12-8-9-17(20-3)15(10-12)13(2)19-16-7-5-4-6-14(16)11-18/h4-10,13,19H,1-3H3. The molecule has 3 nitrogen and oxygen atoms in total. The monoisotopic (exact) mass is 266 g/mol. The summed E-state index contributed by atoms with van der Waals surface area (Å²) in [5.74, 6) is 0.852. The second kappa shape index (κ2) is 6.12. The van der Waals surface area contributed by atoms with E-state index in [0.29, 0.717) is 5.56 Å². The van der Waals surface area contributed by atoms with Gasteiger partial charge in [0.05, 0.1) is 24.4 Å². The van der Waals surface area contributed by atoms with Gasteiger partial charge in [0.2, 0.25) is 0 Å². The van der Waals surface area contributed by atoms with Crippen molar-refractivity contribution in [2.75, 3.05) is 12.4 Å². The molecular formula is C17H18N2O. The molecule has 0 saturated heterocycles. The first-order chi connectivity index (χ1) is 9.65. The summed E-state index contributed by atoms with van der Waals surface area (Å²) in [6.07, 6.45) is 0. The van der Waals surface area contributed by atoms with Gasteiger partial charge in [0.1, 0.15) is 11.8 Å². The minimum Gasteiger partial charge on any atom is -0.496 e. The third kappa shape index (κ3) is 2.92. The van der Waals surface area contributed by atoms with Gasteiger partial charge in [0, 0.05) is 5.56 Å². The average molecular weight is 266 g/mol. The average Bonchev–Trinajstić information content (AvgIpc) is 2.47. The summed E-state index contributed by atoms with van der Waals surface area (Å²) in [5.41, 5.74) is 3.75. The first kappa shape index (κ1) is 14.0. The van der Waals surface area contributed by atoms with Crippen LogP contribution in [0.25, 0.3) is 0 Å². The predicted molar refractivity (Wildman–Crippen MR) is 80.9 cm³/mol. The van der Waals surface area contributed by atoms with Crippen molar-refractivity contribution in [1.82, 2.24) is 0 Å². The van der Waals surface area contributed by atoms with Crippen molar-refractivity contribution >= 4 is 5.69 Å². The largest absolute Gasteiger partial charge is 0.496 e. The van der Waals surface area contributed by atoms with Gasteiger partial charge in [-0.2, -0.15) is 5.26 Å². The summed E-state index contributed by atoms with van der Waals surface area (Å²) in [4.78, 5) is 0. The van der Waals surface area contributed by atoms with Crippen molar-refractivity contribution in [3.05, 3.63) is 59.2 Å². The Hall–Kier alpha value is -2.47. The number of anilines is 1. The number of aryl methyl sites for hydroxylation is 1. The van der Waals surface area contributed by atoms with Crippen LogP contribution in [0, 0.1) is 18.3 Å². The highest BCUT2D eigenvalue weighted by atomic mass is 16.5. The molecule has 0 aromatic heterocycles. The van der Waals surface area contributed by atoms with Gasteiger partial charge < -0.3 is 10.1 Å². The normalized spacial score (nSPS) is 11.5. The molecule has 0 aliphatic rings. The van der Waals surface area contributed by atoms with E-state index in [1.807, 2.05) is 36.4 Å².